The molecule has 1 aliphatic carbocycles. The number of hydrogen-bond donors (Lipinski definition) is 1. The van der Waals surface area contributed by atoms with E-state index in [1.807, 2.05) is 11.6 Å². The number of aromatic nitrogens is 2. The largest absolute Gasteiger partial charge is 0.311 e. The van der Waals surface area contributed by atoms with Crippen molar-refractivity contribution in [2.45, 2.75) is 53.1 Å². The van der Waals surface area contributed by atoms with Crippen LogP contribution in [0.5, 0.6) is 0 Å². The van der Waals surface area contributed by atoms with Crippen LogP contribution in [0.3, 0.4) is 0 Å². The van der Waals surface area contributed by atoms with Gasteiger partial charge in [-0.05, 0) is 32.1 Å². The van der Waals surface area contributed by atoms with E-state index in [1.165, 1.54) is 19.3 Å². The Kier molecular flexibility index (Phi) is 3.79. The molecule has 1 aliphatic rings. The standard InChI is InChI=1S/C13H22ClN3/c1-4-17-11(12(14)10(2)16-17)8-15-9-13(3)6-5-7-13/h15H,4-9H2,1-3H3. The van der Waals surface area contributed by atoms with E-state index in [0.717, 1.165) is 36.0 Å². The smallest absolute Gasteiger partial charge is 0.0860 e. The number of nitrogens with zero attached hydrogens (tertiary/aromatic N) is 2. The van der Waals surface area contributed by atoms with Gasteiger partial charge >= 0.3 is 0 Å². The first-order valence-electron chi connectivity index (χ1n) is 6.48. The highest BCUT2D eigenvalue weighted by atomic mass is 35.5. The molecule has 1 fully saturated rings. The maximum absolute atomic E-state index is 6.27. The normalized spacial score (nSPS) is 18.1. The Morgan fingerprint density at radius 3 is 2.71 bits per heavy atom. The van der Waals surface area contributed by atoms with E-state index in [-0.39, 0.29) is 0 Å². The Morgan fingerprint density at radius 1 is 1.47 bits per heavy atom. The molecule has 0 bridgehead atoms. The van der Waals surface area contributed by atoms with Crippen LogP contribution in [-0.2, 0) is 13.1 Å². The van der Waals surface area contributed by atoms with Crippen molar-refractivity contribution >= 4 is 11.6 Å². The molecule has 0 spiro atoms. The number of nitrogens with one attached hydrogen (secondary N) is 1. The molecule has 0 aromatic carbocycles. The van der Waals surface area contributed by atoms with Gasteiger partial charge in [0.15, 0.2) is 0 Å². The van der Waals surface area contributed by atoms with Crippen LogP contribution in [0.15, 0.2) is 0 Å². The lowest BCUT2D eigenvalue weighted by molar-refractivity contribution is 0.156. The van der Waals surface area contributed by atoms with E-state index < -0.39 is 0 Å². The molecule has 0 unspecified atom stereocenters. The first-order valence-corrected chi connectivity index (χ1v) is 6.86. The summed E-state index contributed by atoms with van der Waals surface area (Å²) in [5, 5.41) is 8.77. The second-order valence-corrected chi connectivity index (χ2v) is 5.81. The second kappa shape index (κ2) is 4.99. The monoisotopic (exact) mass is 255 g/mol. The van der Waals surface area contributed by atoms with E-state index in [1.54, 1.807) is 0 Å². The van der Waals surface area contributed by atoms with Crippen molar-refractivity contribution in [1.29, 1.82) is 0 Å². The third kappa shape index (κ3) is 2.66. The first kappa shape index (κ1) is 12.9. The van der Waals surface area contributed by atoms with Crippen LogP contribution < -0.4 is 5.32 Å². The van der Waals surface area contributed by atoms with Crippen molar-refractivity contribution in [2.75, 3.05) is 6.54 Å². The van der Waals surface area contributed by atoms with Gasteiger partial charge in [0.2, 0.25) is 0 Å². The zero-order chi connectivity index (χ0) is 12.5. The summed E-state index contributed by atoms with van der Waals surface area (Å²) >= 11 is 6.27. The quantitative estimate of drug-likeness (QED) is 0.876. The fraction of sp³-hybridized carbons (Fsp3) is 0.769. The molecule has 96 valence electrons. The lowest BCUT2D eigenvalue weighted by Crippen LogP contribution is -2.37. The van der Waals surface area contributed by atoms with Crippen molar-refractivity contribution < 1.29 is 0 Å². The molecule has 1 N–H and O–H groups in total. The van der Waals surface area contributed by atoms with Gasteiger partial charge in [-0.1, -0.05) is 24.9 Å². The Balaban J connectivity index is 1.94. The number of halogens is 1. The molecule has 0 radical (unpaired) electrons. The van der Waals surface area contributed by atoms with E-state index in [0.29, 0.717) is 5.41 Å². The topological polar surface area (TPSA) is 29.9 Å². The van der Waals surface area contributed by atoms with Crippen LogP contribution in [0, 0.1) is 12.3 Å². The minimum Gasteiger partial charge on any atom is -0.311 e. The lowest BCUT2D eigenvalue weighted by atomic mass is 9.70. The molecular weight excluding hydrogens is 234 g/mol. The van der Waals surface area contributed by atoms with Crippen LogP contribution in [0.4, 0.5) is 0 Å². The van der Waals surface area contributed by atoms with Crippen LogP contribution in [0.25, 0.3) is 0 Å². The maximum Gasteiger partial charge on any atom is 0.0860 e. The number of aryl methyl sites for hydroxylation is 2. The zero-order valence-corrected chi connectivity index (χ0v) is 11.8. The molecule has 4 heteroatoms. The summed E-state index contributed by atoms with van der Waals surface area (Å²) in [5.74, 6) is 0. The zero-order valence-electron chi connectivity index (χ0n) is 11.0. The van der Waals surface area contributed by atoms with E-state index in [4.69, 9.17) is 11.6 Å². The Labute approximate surface area is 109 Å². The molecule has 2 rings (SSSR count). The van der Waals surface area contributed by atoms with Gasteiger partial charge < -0.3 is 5.32 Å². The third-order valence-electron chi connectivity index (χ3n) is 3.86. The fourth-order valence-electron chi connectivity index (χ4n) is 2.48. The van der Waals surface area contributed by atoms with Crippen LogP contribution in [-0.4, -0.2) is 16.3 Å². The average Bonchev–Trinajstić information content (AvgIpc) is 2.54. The highest BCUT2D eigenvalue weighted by Gasteiger charge is 2.31. The molecule has 1 aromatic heterocycles. The molecule has 0 amide bonds. The highest BCUT2D eigenvalue weighted by Crippen LogP contribution is 2.39. The number of rotatable bonds is 5. The minimum absolute atomic E-state index is 0.512. The van der Waals surface area contributed by atoms with Gasteiger partial charge in [-0.15, -0.1) is 0 Å². The predicted molar refractivity (Wildman–Crippen MR) is 71.3 cm³/mol. The van der Waals surface area contributed by atoms with Crippen molar-refractivity contribution in [1.82, 2.24) is 15.1 Å². The van der Waals surface area contributed by atoms with Gasteiger partial charge in [0.05, 0.1) is 16.4 Å². The van der Waals surface area contributed by atoms with Gasteiger partial charge in [-0.3, -0.25) is 4.68 Å². The van der Waals surface area contributed by atoms with Crippen molar-refractivity contribution in [3.8, 4) is 0 Å². The molecule has 0 aliphatic heterocycles. The maximum atomic E-state index is 6.27. The molecule has 1 heterocycles. The van der Waals surface area contributed by atoms with Gasteiger partial charge in [-0.25, -0.2) is 0 Å². The molecule has 3 nitrogen and oxygen atoms in total. The summed E-state index contributed by atoms with van der Waals surface area (Å²) in [5.41, 5.74) is 2.56. The predicted octanol–water partition coefficient (Wildman–Crippen LogP) is 3.14. The molecule has 0 saturated heterocycles. The average molecular weight is 256 g/mol. The SMILES string of the molecule is CCn1nc(C)c(Cl)c1CNCC1(C)CCC1. The highest BCUT2D eigenvalue weighted by molar-refractivity contribution is 6.31. The molecule has 1 saturated carbocycles. The fourth-order valence-corrected chi connectivity index (χ4v) is 2.68. The van der Waals surface area contributed by atoms with E-state index in [2.05, 4.69) is 24.3 Å². The summed E-state index contributed by atoms with van der Waals surface area (Å²) in [6.45, 7) is 9.19. The van der Waals surface area contributed by atoms with Crippen molar-refractivity contribution in [3.63, 3.8) is 0 Å². The van der Waals surface area contributed by atoms with Crippen LogP contribution >= 0.6 is 11.6 Å². The van der Waals surface area contributed by atoms with Gasteiger partial charge in [0.1, 0.15) is 0 Å². The Hall–Kier alpha value is -0.540. The van der Waals surface area contributed by atoms with Crippen LogP contribution in [0.2, 0.25) is 5.02 Å². The lowest BCUT2D eigenvalue weighted by Gasteiger charge is -2.38. The Morgan fingerprint density at radius 2 is 2.18 bits per heavy atom. The third-order valence-corrected chi connectivity index (χ3v) is 4.35. The van der Waals surface area contributed by atoms with Crippen molar-refractivity contribution in [3.05, 3.63) is 16.4 Å². The minimum atomic E-state index is 0.512. The summed E-state index contributed by atoms with van der Waals surface area (Å²) < 4.78 is 1.99. The van der Waals surface area contributed by atoms with Crippen molar-refractivity contribution in [2.24, 2.45) is 5.41 Å². The van der Waals surface area contributed by atoms with Gasteiger partial charge in [-0.2, -0.15) is 5.10 Å². The van der Waals surface area contributed by atoms with Crippen LogP contribution in [0.1, 0.15) is 44.5 Å². The second-order valence-electron chi connectivity index (χ2n) is 5.43. The Bertz CT molecular complexity index is 394. The van der Waals surface area contributed by atoms with Gasteiger partial charge in [0.25, 0.3) is 0 Å². The molecule has 0 atom stereocenters. The van der Waals surface area contributed by atoms with Gasteiger partial charge in [0, 0.05) is 19.6 Å². The molecular formula is C13H22ClN3. The summed E-state index contributed by atoms with van der Waals surface area (Å²) in [6, 6.07) is 0. The first-order chi connectivity index (χ1) is 8.06. The summed E-state index contributed by atoms with van der Waals surface area (Å²) in [7, 11) is 0. The summed E-state index contributed by atoms with van der Waals surface area (Å²) in [6.07, 6.45) is 4.07. The van der Waals surface area contributed by atoms with E-state index >= 15 is 0 Å². The number of hydrogen-bond acceptors (Lipinski definition) is 2. The van der Waals surface area contributed by atoms with E-state index in [9.17, 15) is 0 Å². The molecule has 17 heavy (non-hydrogen) atoms. The summed E-state index contributed by atoms with van der Waals surface area (Å²) in [4.78, 5) is 0. The molecule has 1 aromatic rings.